The first kappa shape index (κ1) is 28.7. The molecule has 38 heavy (non-hydrogen) atoms. The second-order valence-electron chi connectivity index (χ2n) is 9.85. The molecule has 0 aliphatic rings. The van der Waals surface area contributed by atoms with Crippen LogP contribution < -0.4 is 10.6 Å². The SMILES string of the molecule is COCCN(CC(=O)Nc1cc(C(C)(C)C)nn1-c1cccc(C)c1)C(=O)Nc1ccccc1C(F)(F)F. The van der Waals surface area contributed by atoms with Gasteiger partial charge in [-0.3, -0.25) is 4.79 Å². The van der Waals surface area contributed by atoms with Gasteiger partial charge in [-0.2, -0.15) is 18.3 Å². The van der Waals surface area contributed by atoms with Gasteiger partial charge in [0.1, 0.15) is 12.4 Å². The smallest absolute Gasteiger partial charge is 0.383 e. The summed E-state index contributed by atoms with van der Waals surface area (Å²) in [6, 6.07) is 13.2. The molecule has 0 bridgehead atoms. The number of rotatable bonds is 8. The van der Waals surface area contributed by atoms with Gasteiger partial charge in [0.25, 0.3) is 0 Å². The second kappa shape index (κ2) is 11.7. The molecular formula is C27H32F3N5O3. The highest BCUT2D eigenvalue weighted by Crippen LogP contribution is 2.34. The summed E-state index contributed by atoms with van der Waals surface area (Å²) < 4.78 is 46.8. The number of anilines is 2. The third-order valence-corrected chi connectivity index (χ3v) is 5.65. The predicted octanol–water partition coefficient (Wildman–Crippen LogP) is 5.62. The van der Waals surface area contributed by atoms with Gasteiger partial charge in [0.05, 0.1) is 29.2 Å². The highest BCUT2D eigenvalue weighted by Gasteiger charge is 2.34. The minimum atomic E-state index is -4.66. The van der Waals surface area contributed by atoms with E-state index < -0.39 is 35.9 Å². The molecule has 1 aromatic heterocycles. The number of hydrogen-bond donors (Lipinski definition) is 2. The number of benzene rings is 2. The van der Waals surface area contributed by atoms with Crippen LogP contribution in [0.2, 0.25) is 0 Å². The lowest BCUT2D eigenvalue weighted by molar-refractivity contribution is -0.137. The van der Waals surface area contributed by atoms with E-state index in [2.05, 4.69) is 15.7 Å². The predicted molar refractivity (Wildman–Crippen MR) is 140 cm³/mol. The highest BCUT2D eigenvalue weighted by atomic mass is 19.4. The summed E-state index contributed by atoms with van der Waals surface area (Å²) in [6.07, 6.45) is -4.66. The van der Waals surface area contributed by atoms with Gasteiger partial charge in [0.2, 0.25) is 5.91 Å². The first-order chi connectivity index (χ1) is 17.8. The molecule has 1 heterocycles. The highest BCUT2D eigenvalue weighted by molar-refractivity contribution is 5.97. The van der Waals surface area contributed by atoms with Crippen molar-refractivity contribution < 1.29 is 27.5 Å². The van der Waals surface area contributed by atoms with Crippen LogP contribution in [0.4, 0.5) is 29.5 Å². The first-order valence-electron chi connectivity index (χ1n) is 12.0. The van der Waals surface area contributed by atoms with Crippen molar-refractivity contribution in [2.45, 2.75) is 39.3 Å². The van der Waals surface area contributed by atoms with E-state index in [1.807, 2.05) is 52.0 Å². The number of aromatic nitrogens is 2. The number of nitrogens with zero attached hydrogens (tertiary/aromatic N) is 3. The van der Waals surface area contributed by atoms with E-state index in [4.69, 9.17) is 4.74 Å². The molecule has 0 aliphatic heterocycles. The summed E-state index contributed by atoms with van der Waals surface area (Å²) in [7, 11) is 1.42. The summed E-state index contributed by atoms with van der Waals surface area (Å²) in [5.74, 6) is -0.144. The molecule has 2 aromatic carbocycles. The van der Waals surface area contributed by atoms with Crippen LogP contribution in [-0.2, 0) is 21.1 Å². The molecule has 0 spiro atoms. The lowest BCUT2D eigenvalue weighted by atomic mass is 9.92. The lowest BCUT2D eigenvalue weighted by Gasteiger charge is -2.23. The topological polar surface area (TPSA) is 88.5 Å². The van der Waals surface area contributed by atoms with Crippen LogP contribution in [0.1, 0.15) is 37.6 Å². The van der Waals surface area contributed by atoms with Crippen molar-refractivity contribution in [3.05, 3.63) is 71.4 Å². The zero-order chi connectivity index (χ0) is 28.1. The zero-order valence-corrected chi connectivity index (χ0v) is 22.0. The quantitative estimate of drug-likeness (QED) is 0.395. The van der Waals surface area contributed by atoms with E-state index in [-0.39, 0.29) is 18.6 Å². The Hall–Kier alpha value is -3.86. The van der Waals surface area contributed by atoms with Gasteiger partial charge in [-0.15, -0.1) is 0 Å². The molecule has 0 unspecified atom stereocenters. The number of urea groups is 1. The molecule has 0 saturated heterocycles. The van der Waals surface area contributed by atoms with Crippen LogP contribution >= 0.6 is 0 Å². The van der Waals surface area contributed by atoms with Gasteiger partial charge in [0, 0.05) is 25.1 Å². The maximum Gasteiger partial charge on any atom is 0.418 e. The number of halogens is 3. The minimum Gasteiger partial charge on any atom is -0.383 e. The van der Waals surface area contributed by atoms with Crippen LogP contribution in [0.3, 0.4) is 0 Å². The van der Waals surface area contributed by atoms with Crippen LogP contribution in [0, 0.1) is 6.92 Å². The maximum absolute atomic E-state index is 13.4. The Morgan fingerprint density at radius 2 is 1.74 bits per heavy atom. The largest absolute Gasteiger partial charge is 0.418 e. The van der Waals surface area contributed by atoms with Crippen LogP contribution in [0.25, 0.3) is 5.69 Å². The summed E-state index contributed by atoms with van der Waals surface area (Å²) in [5, 5.41) is 9.76. The summed E-state index contributed by atoms with van der Waals surface area (Å²) in [5.41, 5.74) is 0.807. The molecule has 0 atom stereocenters. The Morgan fingerprint density at radius 1 is 1.03 bits per heavy atom. The molecule has 0 fully saturated rings. The molecule has 11 heteroatoms. The number of hydrogen-bond acceptors (Lipinski definition) is 4. The fourth-order valence-electron chi connectivity index (χ4n) is 3.64. The van der Waals surface area contributed by atoms with Crippen molar-refractivity contribution in [1.82, 2.24) is 14.7 Å². The average molecular weight is 532 g/mol. The lowest BCUT2D eigenvalue weighted by Crippen LogP contribution is -2.42. The second-order valence-corrected chi connectivity index (χ2v) is 9.85. The normalized spacial score (nSPS) is 11.8. The van der Waals surface area contributed by atoms with Crippen LogP contribution in [0.5, 0.6) is 0 Å². The summed E-state index contributed by atoms with van der Waals surface area (Å²) in [6.45, 7) is 7.57. The number of alkyl halides is 3. The molecule has 8 nitrogen and oxygen atoms in total. The Kier molecular flexibility index (Phi) is 8.82. The van der Waals surface area contributed by atoms with Gasteiger partial charge in [0.15, 0.2) is 0 Å². The van der Waals surface area contributed by atoms with Crippen molar-refractivity contribution in [1.29, 1.82) is 0 Å². The first-order valence-corrected chi connectivity index (χ1v) is 12.0. The number of para-hydroxylation sites is 1. The molecule has 0 aliphatic carbocycles. The van der Waals surface area contributed by atoms with E-state index in [9.17, 15) is 22.8 Å². The summed E-state index contributed by atoms with van der Waals surface area (Å²) in [4.78, 5) is 27.1. The van der Waals surface area contributed by atoms with Crippen molar-refractivity contribution in [2.24, 2.45) is 0 Å². The van der Waals surface area contributed by atoms with E-state index in [0.29, 0.717) is 5.82 Å². The van der Waals surface area contributed by atoms with Gasteiger partial charge >= 0.3 is 12.2 Å². The van der Waals surface area contributed by atoms with Crippen molar-refractivity contribution in [3.63, 3.8) is 0 Å². The number of methoxy groups -OCH3 is 1. The third-order valence-electron chi connectivity index (χ3n) is 5.65. The minimum absolute atomic E-state index is 0.0195. The van der Waals surface area contributed by atoms with Gasteiger partial charge in [-0.25, -0.2) is 9.48 Å². The summed E-state index contributed by atoms with van der Waals surface area (Å²) >= 11 is 0. The zero-order valence-electron chi connectivity index (χ0n) is 22.0. The molecule has 3 rings (SSSR count). The number of ether oxygens (including phenoxy) is 1. The van der Waals surface area contributed by atoms with Gasteiger partial charge in [-0.1, -0.05) is 45.0 Å². The van der Waals surface area contributed by atoms with E-state index in [0.717, 1.165) is 34.0 Å². The Morgan fingerprint density at radius 3 is 2.37 bits per heavy atom. The van der Waals surface area contributed by atoms with Crippen molar-refractivity contribution in [2.75, 3.05) is 37.4 Å². The number of aryl methyl sites for hydroxylation is 1. The van der Waals surface area contributed by atoms with E-state index >= 15 is 0 Å². The fraction of sp³-hybridized carbons (Fsp3) is 0.370. The third kappa shape index (κ3) is 7.34. The van der Waals surface area contributed by atoms with E-state index in [1.165, 1.54) is 19.2 Å². The fourth-order valence-corrected chi connectivity index (χ4v) is 3.64. The van der Waals surface area contributed by atoms with Crippen LogP contribution in [-0.4, -0.2) is 53.4 Å². The maximum atomic E-state index is 13.4. The molecule has 3 aromatic rings. The molecular weight excluding hydrogens is 499 g/mol. The molecule has 3 amide bonds. The monoisotopic (exact) mass is 531 g/mol. The number of carbonyl (C=O) groups is 2. The molecule has 204 valence electrons. The van der Waals surface area contributed by atoms with Gasteiger partial charge < -0.3 is 20.3 Å². The number of nitrogens with one attached hydrogen (secondary N) is 2. The Balaban J connectivity index is 1.84. The average Bonchev–Trinajstić information content (AvgIpc) is 3.25. The van der Waals surface area contributed by atoms with Crippen molar-refractivity contribution >= 4 is 23.4 Å². The van der Waals surface area contributed by atoms with Crippen LogP contribution in [0.15, 0.2) is 54.6 Å². The van der Waals surface area contributed by atoms with Crippen molar-refractivity contribution in [3.8, 4) is 5.69 Å². The Bertz CT molecular complexity index is 1280. The van der Waals surface area contributed by atoms with Gasteiger partial charge in [-0.05, 0) is 36.8 Å². The molecule has 2 N–H and O–H groups in total. The Labute approximate surface area is 219 Å². The number of carbonyl (C=O) groups excluding carboxylic acids is 2. The number of amides is 3. The van der Waals surface area contributed by atoms with E-state index in [1.54, 1.807) is 10.7 Å². The molecule has 0 radical (unpaired) electrons. The standard InChI is InChI=1S/C27H32F3N5O3/c1-18-9-8-10-19(15-18)35-23(16-22(33-35)26(2,3)4)32-24(36)17-34(13-14-38-5)25(37)31-21-12-7-6-11-20(21)27(28,29)30/h6-12,15-16H,13-14,17H2,1-5H3,(H,31,37)(H,32,36). The molecule has 0 saturated carbocycles.